The first-order chi connectivity index (χ1) is 17.4. The molecule has 1 aliphatic carbocycles. The molecule has 2 aliphatic rings. The fraction of sp³-hybridized carbons (Fsp3) is 0.280. The summed E-state index contributed by atoms with van der Waals surface area (Å²) in [6, 6.07) is 8.90. The van der Waals surface area contributed by atoms with Crippen LogP contribution in [-0.2, 0) is 0 Å². The van der Waals surface area contributed by atoms with Crippen molar-refractivity contribution in [2.75, 3.05) is 23.3 Å². The largest absolute Gasteiger partial charge is 0.370 e. The lowest BCUT2D eigenvalue weighted by molar-refractivity contribution is -0.103. The predicted octanol–water partition coefficient (Wildman–Crippen LogP) is 4.91. The Balaban J connectivity index is 1.28. The number of nitrogens with zero attached hydrogens (tertiary/aromatic N) is 5. The Labute approximate surface area is 204 Å². The third kappa shape index (κ3) is 4.10. The molecule has 2 fully saturated rings. The average Bonchev–Trinajstić information content (AvgIpc) is 3.45. The zero-order valence-corrected chi connectivity index (χ0v) is 19.1. The van der Waals surface area contributed by atoms with Gasteiger partial charge >= 0.3 is 0 Å². The van der Waals surface area contributed by atoms with Crippen molar-refractivity contribution in [3.8, 4) is 22.8 Å². The first-order valence-corrected chi connectivity index (χ1v) is 11.6. The molecule has 1 saturated heterocycles. The molecule has 1 amide bonds. The van der Waals surface area contributed by atoms with Gasteiger partial charge in [-0.05, 0) is 42.8 Å². The van der Waals surface area contributed by atoms with E-state index in [0.717, 1.165) is 25.2 Å². The number of aromatic amines is 1. The van der Waals surface area contributed by atoms with E-state index in [9.17, 15) is 18.0 Å². The number of halogens is 3. The lowest BCUT2D eigenvalue weighted by Crippen LogP contribution is -2.37. The molecule has 8 nitrogen and oxygen atoms in total. The topological polar surface area (TPSA) is 91.7 Å². The number of hydrogen-bond acceptors (Lipinski definition) is 5. The van der Waals surface area contributed by atoms with Gasteiger partial charge in [0.15, 0.2) is 5.82 Å². The van der Waals surface area contributed by atoms with Gasteiger partial charge in [0.05, 0.1) is 23.9 Å². The lowest BCUT2D eigenvalue weighted by Gasteiger charge is -2.36. The molecule has 3 aromatic heterocycles. The maximum absolute atomic E-state index is 13.6. The number of H-pyrrole nitrogens is 1. The molecule has 6 rings (SSSR count). The lowest BCUT2D eigenvalue weighted by atomic mass is 9.87. The second kappa shape index (κ2) is 8.51. The van der Waals surface area contributed by atoms with E-state index in [0.29, 0.717) is 28.6 Å². The zero-order chi connectivity index (χ0) is 24.9. The van der Waals surface area contributed by atoms with E-state index in [1.54, 1.807) is 29.0 Å². The highest BCUT2D eigenvalue weighted by Gasteiger charge is 2.47. The number of anilines is 2. The van der Waals surface area contributed by atoms with Crippen LogP contribution in [0.1, 0.15) is 35.8 Å². The van der Waals surface area contributed by atoms with E-state index in [1.165, 1.54) is 24.7 Å². The molecule has 0 radical (unpaired) electrons. The molecule has 0 bridgehead atoms. The van der Waals surface area contributed by atoms with Gasteiger partial charge in [-0.2, -0.15) is 0 Å². The van der Waals surface area contributed by atoms with Crippen molar-refractivity contribution in [2.24, 2.45) is 0 Å². The van der Waals surface area contributed by atoms with Crippen molar-refractivity contribution in [3.05, 3.63) is 66.6 Å². The summed E-state index contributed by atoms with van der Waals surface area (Å²) >= 11 is 0. The number of benzene rings is 1. The SMILES string of the molecule is O=C(Nc1ccc(N2CCC2)cn1)c1c[nH]c(-c2c(-c3ccc(F)cc3)ncn2C2CC(F)(F)C2)n1. The van der Waals surface area contributed by atoms with Crippen molar-refractivity contribution in [3.63, 3.8) is 0 Å². The van der Waals surface area contributed by atoms with E-state index in [2.05, 4.69) is 30.2 Å². The number of amides is 1. The average molecular weight is 493 g/mol. The third-order valence-electron chi connectivity index (χ3n) is 6.62. The second-order valence-corrected chi connectivity index (χ2v) is 9.10. The molecule has 4 aromatic rings. The summed E-state index contributed by atoms with van der Waals surface area (Å²) in [6.07, 6.45) is 5.18. The predicted molar refractivity (Wildman–Crippen MR) is 127 cm³/mol. The number of rotatable bonds is 6. The first-order valence-electron chi connectivity index (χ1n) is 11.6. The Hall–Kier alpha value is -4.15. The summed E-state index contributed by atoms with van der Waals surface area (Å²) in [5.41, 5.74) is 2.62. The van der Waals surface area contributed by atoms with Gasteiger partial charge < -0.3 is 19.8 Å². The second-order valence-electron chi connectivity index (χ2n) is 9.10. The number of alkyl halides is 2. The maximum Gasteiger partial charge on any atom is 0.277 e. The van der Waals surface area contributed by atoms with Crippen molar-refractivity contribution >= 4 is 17.4 Å². The van der Waals surface area contributed by atoms with Crippen LogP contribution in [0, 0.1) is 5.82 Å². The van der Waals surface area contributed by atoms with Crippen molar-refractivity contribution in [1.29, 1.82) is 0 Å². The Morgan fingerprint density at radius 3 is 2.50 bits per heavy atom. The van der Waals surface area contributed by atoms with Gasteiger partial charge in [0.2, 0.25) is 0 Å². The van der Waals surface area contributed by atoms with E-state index in [4.69, 9.17) is 0 Å². The smallest absolute Gasteiger partial charge is 0.277 e. The van der Waals surface area contributed by atoms with E-state index < -0.39 is 23.7 Å². The highest BCUT2D eigenvalue weighted by atomic mass is 19.3. The number of nitrogens with one attached hydrogen (secondary N) is 2. The fourth-order valence-corrected chi connectivity index (χ4v) is 4.48. The van der Waals surface area contributed by atoms with Crippen LogP contribution < -0.4 is 10.2 Å². The highest BCUT2D eigenvalue weighted by Crippen LogP contribution is 2.47. The van der Waals surface area contributed by atoms with Crippen LogP contribution >= 0.6 is 0 Å². The summed E-state index contributed by atoms with van der Waals surface area (Å²) in [5, 5.41) is 2.73. The van der Waals surface area contributed by atoms with Crippen LogP contribution in [0.25, 0.3) is 22.8 Å². The summed E-state index contributed by atoms with van der Waals surface area (Å²) in [5.74, 6) is -2.90. The molecule has 1 aromatic carbocycles. The van der Waals surface area contributed by atoms with E-state index in [-0.39, 0.29) is 18.5 Å². The van der Waals surface area contributed by atoms with Crippen LogP contribution in [0.15, 0.2) is 55.1 Å². The molecule has 2 N–H and O–H groups in total. The number of aromatic nitrogens is 5. The fourth-order valence-electron chi connectivity index (χ4n) is 4.48. The minimum Gasteiger partial charge on any atom is -0.370 e. The molecule has 11 heteroatoms. The highest BCUT2D eigenvalue weighted by molar-refractivity contribution is 6.02. The number of imidazole rings is 2. The van der Waals surface area contributed by atoms with Gasteiger partial charge in [-0.25, -0.2) is 28.1 Å². The van der Waals surface area contributed by atoms with Crippen LogP contribution in [0.3, 0.4) is 0 Å². The van der Waals surface area contributed by atoms with Gasteiger partial charge in [-0.3, -0.25) is 4.79 Å². The van der Waals surface area contributed by atoms with Crippen molar-refractivity contribution in [1.82, 2.24) is 24.5 Å². The Bertz CT molecular complexity index is 1400. The summed E-state index contributed by atoms with van der Waals surface area (Å²) in [6.45, 7) is 2.00. The van der Waals surface area contributed by atoms with Gasteiger partial charge in [0.1, 0.15) is 23.0 Å². The molecule has 1 saturated carbocycles. The zero-order valence-electron chi connectivity index (χ0n) is 19.1. The number of hydrogen-bond donors (Lipinski definition) is 2. The summed E-state index contributed by atoms with van der Waals surface area (Å²) in [4.78, 5) is 31.2. The van der Waals surface area contributed by atoms with Crippen molar-refractivity contribution < 1.29 is 18.0 Å². The maximum atomic E-state index is 13.6. The van der Waals surface area contributed by atoms with Crippen molar-refractivity contribution in [2.45, 2.75) is 31.2 Å². The molecule has 0 spiro atoms. The standard InChI is InChI=1S/C25H22F3N7O/c26-16-4-2-15(3-5-16)21-22(35(14-31-21)18-10-25(27,28)11-18)23-30-13-19(32-23)24(36)33-20-7-6-17(12-29-20)34-8-1-9-34/h2-7,12-14,18H,1,8-11H2,(H,30,32)(H,29,33,36). The minimum atomic E-state index is -2.73. The summed E-state index contributed by atoms with van der Waals surface area (Å²) in [7, 11) is 0. The van der Waals surface area contributed by atoms with E-state index in [1.807, 2.05) is 6.07 Å². The number of pyridine rings is 1. The van der Waals surface area contributed by atoms with Crippen LogP contribution in [0.5, 0.6) is 0 Å². The van der Waals surface area contributed by atoms with Gasteiger partial charge in [0, 0.05) is 43.7 Å². The molecule has 184 valence electrons. The quantitative estimate of drug-likeness (QED) is 0.398. The summed E-state index contributed by atoms with van der Waals surface area (Å²) < 4.78 is 42.4. The van der Waals surface area contributed by atoms with Gasteiger partial charge in [0.25, 0.3) is 11.8 Å². The normalized spacial score (nSPS) is 16.9. The van der Waals surface area contributed by atoms with Gasteiger partial charge in [-0.1, -0.05) is 0 Å². The molecular weight excluding hydrogens is 471 g/mol. The number of carbonyl (C=O) groups is 1. The molecule has 36 heavy (non-hydrogen) atoms. The number of carbonyl (C=O) groups excluding carboxylic acids is 1. The van der Waals surface area contributed by atoms with Crippen LogP contribution in [-0.4, -0.2) is 49.4 Å². The van der Waals surface area contributed by atoms with Crippen LogP contribution in [0.2, 0.25) is 0 Å². The molecule has 0 unspecified atom stereocenters. The first kappa shape index (κ1) is 22.3. The van der Waals surface area contributed by atoms with Gasteiger partial charge in [-0.15, -0.1) is 0 Å². The third-order valence-corrected chi connectivity index (χ3v) is 6.62. The Morgan fingerprint density at radius 1 is 1.08 bits per heavy atom. The Morgan fingerprint density at radius 2 is 1.86 bits per heavy atom. The molecule has 4 heterocycles. The van der Waals surface area contributed by atoms with Crippen LogP contribution in [0.4, 0.5) is 24.7 Å². The minimum absolute atomic E-state index is 0.107. The van der Waals surface area contributed by atoms with E-state index >= 15 is 0 Å². The molecule has 1 aliphatic heterocycles. The Kier molecular flexibility index (Phi) is 5.27. The molecule has 0 atom stereocenters. The molecular formula is C25H22F3N7O. The monoisotopic (exact) mass is 493 g/mol.